The van der Waals surface area contributed by atoms with E-state index in [2.05, 4.69) is 5.32 Å². The van der Waals surface area contributed by atoms with Gasteiger partial charge in [-0.3, -0.25) is 0 Å². The van der Waals surface area contributed by atoms with Gasteiger partial charge >= 0.3 is 0 Å². The van der Waals surface area contributed by atoms with E-state index in [1.165, 1.54) is 0 Å². The standard InChI is InChI=1S/C10H21NO3/c1-10(2,3)14-9-7-11-6-8(9)13-5-4-12/h8-9,11-12H,4-7H2,1-3H3. The van der Waals surface area contributed by atoms with Crippen molar-refractivity contribution in [1.29, 1.82) is 0 Å². The highest BCUT2D eigenvalue weighted by atomic mass is 16.6. The molecule has 2 unspecified atom stereocenters. The van der Waals surface area contributed by atoms with Crippen molar-refractivity contribution in [3.63, 3.8) is 0 Å². The van der Waals surface area contributed by atoms with Crippen LogP contribution < -0.4 is 5.32 Å². The largest absolute Gasteiger partial charge is 0.394 e. The van der Waals surface area contributed by atoms with Crippen molar-refractivity contribution in [2.75, 3.05) is 26.3 Å². The first kappa shape index (κ1) is 11.9. The van der Waals surface area contributed by atoms with Gasteiger partial charge in [-0.1, -0.05) is 0 Å². The molecule has 0 amide bonds. The number of hydrogen-bond donors (Lipinski definition) is 2. The summed E-state index contributed by atoms with van der Waals surface area (Å²) in [5.41, 5.74) is -0.141. The molecule has 0 saturated carbocycles. The summed E-state index contributed by atoms with van der Waals surface area (Å²) < 4.78 is 11.3. The number of nitrogens with one attached hydrogen (secondary N) is 1. The van der Waals surface area contributed by atoms with Gasteiger partial charge in [0.15, 0.2) is 0 Å². The van der Waals surface area contributed by atoms with Crippen LogP contribution >= 0.6 is 0 Å². The Bertz CT molecular complexity index is 167. The zero-order chi connectivity index (χ0) is 10.6. The molecular weight excluding hydrogens is 182 g/mol. The summed E-state index contributed by atoms with van der Waals surface area (Å²) in [4.78, 5) is 0. The molecule has 0 bridgehead atoms. The Hall–Kier alpha value is -0.160. The number of ether oxygens (including phenoxy) is 2. The predicted molar refractivity (Wildman–Crippen MR) is 54.3 cm³/mol. The van der Waals surface area contributed by atoms with Crippen LogP contribution in [0.4, 0.5) is 0 Å². The lowest BCUT2D eigenvalue weighted by molar-refractivity contribution is -0.111. The van der Waals surface area contributed by atoms with E-state index in [0.29, 0.717) is 6.61 Å². The highest BCUT2D eigenvalue weighted by Crippen LogP contribution is 2.17. The van der Waals surface area contributed by atoms with Crippen LogP contribution in [0, 0.1) is 0 Å². The lowest BCUT2D eigenvalue weighted by Crippen LogP contribution is -2.37. The smallest absolute Gasteiger partial charge is 0.0980 e. The monoisotopic (exact) mass is 203 g/mol. The Morgan fingerprint density at radius 2 is 1.93 bits per heavy atom. The molecule has 1 fully saturated rings. The van der Waals surface area contributed by atoms with E-state index >= 15 is 0 Å². The van der Waals surface area contributed by atoms with E-state index in [9.17, 15) is 0 Å². The minimum Gasteiger partial charge on any atom is -0.394 e. The summed E-state index contributed by atoms with van der Waals surface area (Å²) in [5, 5.41) is 11.9. The molecule has 14 heavy (non-hydrogen) atoms. The fourth-order valence-electron chi connectivity index (χ4n) is 1.57. The topological polar surface area (TPSA) is 50.7 Å². The van der Waals surface area contributed by atoms with Gasteiger partial charge < -0.3 is 19.9 Å². The molecule has 0 aromatic heterocycles. The highest BCUT2D eigenvalue weighted by Gasteiger charge is 2.31. The molecule has 1 heterocycles. The molecule has 4 heteroatoms. The van der Waals surface area contributed by atoms with Gasteiger partial charge in [0.05, 0.1) is 31.0 Å². The van der Waals surface area contributed by atoms with Gasteiger partial charge in [0.25, 0.3) is 0 Å². The van der Waals surface area contributed by atoms with Crippen LogP contribution in [-0.4, -0.2) is 49.2 Å². The minimum atomic E-state index is -0.141. The summed E-state index contributed by atoms with van der Waals surface area (Å²) in [7, 11) is 0. The van der Waals surface area contributed by atoms with Gasteiger partial charge in [-0.2, -0.15) is 0 Å². The average Bonchev–Trinajstić information content (AvgIpc) is 2.45. The van der Waals surface area contributed by atoms with Gasteiger partial charge in [-0.05, 0) is 20.8 Å². The Balaban J connectivity index is 2.35. The molecule has 0 spiro atoms. The fourth-order valence-corrected chi connectivity index (χ4v) is 1.57. The first-order valence-corrected chi connectivity index (χ1v) is 5.14. The van der Waals surface area contributed by atoms with Gasteiger partial charge in [-0.15, -0.1) is 0 Å². The van der Waals surface area contributed by atoms with E-state index in [1.807, 2.05) is 20.8 Å². The first-order chi connectivity index (χ1) is 6.53. The van der Waals surface area contributed by atoms with Crippen molar-refractivity contribution in [3.05, 3.63) is 0 Å². The molecule has 2 N–H and O–H groups in total. The van der Waals surface area contributed by atoms with Gasteiger partial charge in [0.1, 0.15) is 0 Å². The van der Waals surface area contributed by atoms with E-state index in [4.69, 9.17) is 14.6 Å². The van der Waals surface area contributed by atoms with Gasteiger partial charge in [0, 0.05) is 13.1 Å². The normalized spacial score (nSPS) is 28.3. The van der Waals surface area contributed by atoms with Crippen LogP contribution in [0.25, 0.3) is 0 Å². The summed E-state index contributed by atoms with van der Waals surface area (Å²) in [6.45, 7) is 8.19. The van der Waals surface area contributed by atoms with Crippen LogP contribution in [0.5, 0.6) is 0 Å². The third-order valence-electron chi connectivity index (χ3n) is 2.03. The zero-order valence-electron chi connectivity index (χ0n) is 9.25. The van der Waals surface area contributed by atoms with Crippen molar-refractivity contribution < 1.29 is 14.6 Å². The van der Waals surface area contributed by atoms with Crippen molar-refractivity contribution in [3.8, 4) is 0 Å². The molecule has 1 saturated heterocycles. The molecule has 84 valence electrons. The molecule has 1 aliphatic rings. The molecule has 4 nitrogen and oxygen atoms in total. The zero-order valence-corrected chi connectivity index (χ0v) is 9.25. The molecule has 0 radical (unpaired) electrons. The summed E-state index contributed by atoms with van der Waals surface area (Å²) in [5.74, 6) is 0. The Kier molecular flexibility index (Phi) is 4.31. The summed E-state index contributed by atoms with van der Waals surface area (Å²) in [6, 6.07) is 0. The molecule has 0 aliphatic carbocycles. The van der Waals surface area contributed by atoms with E-state index < -0.39 is 0 Å². The second-order valence-electron chi connectivity index (χ2n) is 4.56. The number of rotatable bonds is 4. The summed E-state index contributed by atoms with van der Waals surface area (Å²) in [6.07, 6.45) is 0.169. The van der Waals surface area contributed by atoms with Crippen molar-refractivity contribution in [1.82, 2.24) is 5.32 Å². The Morgan fingerprint density at radius 3 is 2.50 bits per heavy atom. The number of aliphatic hydroxyl groups excluding tert-OH is 1. The second-order valence-corrected chi connectivity index (χ2v) is 4.56. The SMILES string of the molecule is CC(C)(C)OC1CNCC1OCCO. The fraction of sp³-hybridized carbons (Fsp3) is 1.00. The highest BCUT2D eigenvalue weighted by molar-refractivity contribution is 4.84. The maximum atomic E-state index is 8.66. The third kappa shape index (κ3) is 3.92. The molecule has 1 rings (SSSR count). The van der Waals surface area contributed by atoms with Crippen LogP contribution in [0.1, 0.15) is 20.8 Å². The lowest BCUT2D eigenvalue weighted by atomic mass is 10.1. The third-order valence-corrected chi connectivity index (χ3v) is 2.03. The maximum absolute atomic E-state index is 8.66. The van der Waals surface area contributed by atoms with Gasteiger partial charge in [0.2, 0.25) is 0 Å². The average molecular weight is 203 g/mol. The minimum absolute atomic E-state index is 0.0682. The van der Waals surface area contributed by atoms with E-state index in [0.717, 1.165) is 13.1 Å². The van der Waals surface area contributed by atoms with Crippen LogP contribution in [0.2, 0.25) is 0 Å². The number of hydrogen-bond acceptors (Lipinski definition) is 4. The molecule has 0 aromatic carbocycles. The van der Waals surface area contributed by atoms with Crippen LogP contribution in [0.3, 0.4) is 0 Å². The molecular formula is C10H21NO3. The quantitative estimate of drug-likeness (QED) is 0.683. The second kappa shape index (κ2) is 5.07. The van der Waals surface area contributed by atoms with E-state index in [-0.39, 0.29) is 24.4 Å². The molecule has 2 atom stereocenters. The van der Waals surface area contributed by atoms with Crippen LogP contribution in [-0.2, 0) is 9.47 Å². The Labute approximate surface area is 85.6 Å². The van der Waals surface area contributed by atoms with E-state index in [1.54, 1.807) is 0 Å². The van der Waals surface area contributed by atoms with Crippen LogP contribution in [0.15, 0.2) is 0 Å². The van der Waals surface area contributed by atoms with Crippen molar-refractivity contribution >= 4 is 0 Å². The molecule has 0 aromatic rings. The molecule has 1 aliphatic heterocycles. The first-order valence-electron chi connectivity index (χ1n) is 5.14. The Morgan fingerprint density at radius 1 is 1.29 bits per heavy atom. The number of aliphatic hydroxyl groups is 1. The lowest BCUT2D eigenvalue weighted by Gasteiger charge is -2.28. The maximum Gasteiger partial charge on any atom is 0.0980 e. The van der Waals surface area contributed by atoms with Crippen molar-refractivity contribution in [2.24, 2.45) is 0 Å². The van der Waals surface area contributed by atoms with Gasteiger partial charge in [-0.25, -0.2) is 0 Å². The predicted octanol–water partition coefficient (Wildman–Crippen LogP) is 0.151. The van der Waals surface area contributed by atoms with Crippen molar-refractivity contribution in [2.45, 2.75) is 38.6 Å². The summed E-state index contributed by atoms with van der Waals surface area (Å²) >= 11 is 0.